The van der Waals surface area contributed by atoms with Gasteiger partial charge in [0.1, 0.15) is 0 Å². The van der Waals surface area contributed by atoms with Gasteiger partial charge in [0.25, 0.3) is 0 Å². The maximum atomic E-state index is 5.23. The average molecular weight is 211 g/mol. The van der Waals surface area contributed by atoms with Crippen molar-refractivity contribution in [2.75, 3.05) is 19.6 Å². The predicted octanol–water partition coefficient (Wildman–Crippen LogP) is 2.20. The summed E-state index contributed by atoms with van der Waals surface area (Å²) in [6, 6.07) is 0.572. The van der Waals surface area contributed by atoms with Crippen LogP contribution in [0.4, 0.5) is 0 Å². The predicted molar refractivity (Wildman–Crippen MR) is 60.0 cm³/mol. The first kappa shape index (κ1) is 9.93. The van der Waals surface area contributed by atoms with E-state index in [-0.39, 0.29) is 0 Å². The van der Waals surface area contributed by atoms with Crippen LogP contribution in [0, 0.1) is 4.77 Å². The van der Waals surface area contributed by atoms with Crippen molar-refractivity contribution in [2.45, 2.75) is 25.8 Å². The summed E-state index contributed by atoms with van der Waals surface area (Å²) in [5, 5.41) is 0. The van der Waals surface area contributed by atoms with Gasteiger partial charge in [-0.15, -0.1) is 0 Å². The van der Waals surface area contributed by atoms with E-state index in [0.29, 0.717) is 6.04 Å². The zero-order valence-corrected chi connectivity index (χ0v) is 9.39. The molecule has 4 heteroatoms. The first-order valence-corrected chi connectivity index (χ1v) is 5.70. The molecule has 0 spiro atoms. The maximum Gasteiger partial charge on any atom is 0.177 e. The van der Waals surface area contributed by atoms with Crippen molar-refractivity contribution >= 4 is 12.2 Å². The van der Waals surface area contributed by atoms with Crippen molar-refractivity contribution < 1.29 is 0 Å². The first-order valence-electron chi connectivity index (χ1n) is 5.29. The fraction of sp³-hybridized carbons (Fsp3) is 0.700. The molecule has 1 aliphatic rings. The van der Waals surface area contributed by atoms with Gasteiger partial charge < -0.3 is 14.5 Å². The SMILES string of the molecule is CCN1CCCC(n2cc[nH]c2=S)C1. The lowest BCUT2D eigenvalue weighted by molar-refractivity contribution is 0.184. The van der Waals surface area contributed by atoms with Crippen LogP contribution < -0.4 is 0 Å². The summed E-state index contributed by atoms with van der Waals surface area (Å²) in [5.74, 6) is 0. The minimum Gasteiger partial charge on any atom is -0.337 e. The molecule has 0 aliphatic carbocycles. The molecular formula is C10H17N3S. The molecule has 1 atom stereocenters. The summed E-state index contributed by atoms with van der Waals surface area (Å²) in [5.41, 5.74) is 0. The number of aromatic amines is 1. The van der Waals surface area contributed by atoms with Crippen LogP contribution in [-0.2, 0) is 0 Å². The molecule has 1 fully saturated rings. The Balaban J connectivity index is 2.12. The third kappa shape index (κ3) is 1.91. The zero-order valence-electron chi connectivity index (χ0n) is 8.57. The summed E-state index contributed by atoms with van der Waals surface area (Å²) in [7, 11) is 0. The van der Waals surface area contributed by atoms with Crippen molar-refractivity contribution in [2.24, 2.45) is 0 Å². The standard InChI is InChI=1S/C10H17N3S/c1-2-12-6-3-4-9(8-12)13-7-5-11-10(13)14/h5,7,9H,2-4,6,8H2,1H3,(H,11,14). The minimum atomic E-state index is 0.572. The lowest BCUT2D eigenvalue weighted by atomic mass is 10.1. The van der Waals surface area contributed by atoms with Gasteiger partial charge in [-0.2, -0.15) is 0 Å². The maximum absolute atomic E-state index is 5.23. The Morgan fingerprint density at radius 2 is 2.50 bits per heavy atom. The molecule has 0 radical (unpaired) electrons. The van der Waals surface area contributed by atoms with Crippen LogP contribution in [0.2, 0.25) is 0 Å². The first-order chi connectivity index (χ1) is 6.81. The van der Waals surface area contributed by atoms with Crippen LogP contribution in [-0.4, -0.2) is 34.1 Å². The van der Waals surface area contributed by atoms with E-state index in [1.807, 2.05) is 6.20 Å². The lowest BCUT2D eigenvalue weighted by Gasteiger charge is -2.32. The molecule has 0 amide bonds. The van der Waals surface area contributed by atoms with E-state index in [0.717, 1.165) is 17.9 Å². The van der Waals surface area contributed by atoms with E-state index in [9.17, 15) is 0 Å². The Hall–Kier alpha value is -0.610. The number of aromatic nitrogens is 2. The van der Waals surface area contributed by atoms with Crippen LogP contribution in [0.15, 0.2) is 12.4 Å². The van der Waals surface area contributed by atoms with E-state index >= 15 is 0 Å². The molecule has 0 bridgehead atoms. The Kier molecular flexibility index (Phi) is 3.03. The van der Waals surface area contributed by atoms with E-state index in [2.05, 4.69) is 27.6 Å². The van der Waals surface area contributed by atoms with E-state index in [1.165, 1.54) is 19.4 Å². The second-order valence-corrected chi connectivity index (χ2v) is 4.25. The molecule has 1 aromatic rings. The lowest BCUT2D eigenvalue weighted by Crippen LogP contribution is -2.36. The highest BCUT2D eigenvalue weighted by atomic mass is 32.1. The van der Waals surface area contributed by atoms with Gasteiger partial charge in [0.2, 0.25) is 0 Å². The highest BCUT2D eigenvalue weighted by Crippen LogP contribution is 2.21. The van der Waals surface area contributed by atoms with E-state index < -0.39 is 0 Å². The molecule has 3 nitrogen and oxygen atoms in total. The molecule has 1 aliphatic heterocycles. The Labute approximate surface area is 89.7 Å². The normalized spacial score (nSPS) is 23.9. The van der Waals surface area contributed by atoms with Gasteiger partial charge in [0.15, 0.2) is 4.77 Å². The van der Waals surface area contributed by atoms with Crippen molar-refractivity contribution in [3.8, 4) is 0 Å². The molecule has 1 N–H and O–H groups in total. The summed E-state index contributed by atoms with van der Waals surface area (Å²) in [6.07, 6.45) is 6.52. The van der Waals surface area contributed by atoms with Crippen LogP contribution >= 0.6 is 12.2 Å². The van der Waals surface area contributed by atoms with Crippen LogP contribution in [0.1, 0.15) is 25.8 Å². The van der Waals surface area contributed by atoms with Gasteiger partial charge in [-0.1, -0.05) is 6.92 Å². The summed E-state index contributed by atoms with van der Waals surface area (Å²) in [6.45, 7) is 5.75. The van der Waals surface area contributed by atoms with Crippen molar-refractivity contribution in [3.05, 3.63) is 17.2 Å². The fourth-order valence-corrected chi connectivity index (χ4v) is 2.44. The number of likely N-dealkylation sites (tertiary alicyclic amines) is 1. The molecule has 1 saturated heterocycles. The average Bonchev–Trinajstić information content (AvgIpc) is 2.65. The number of rotatable bonds is 2. The highest BCUT2D eigenvalue weighted by Gasteiger charge is 2.19. The molecule has 1 unspecified atom stereocenters. The number of hydrogen-bond donors (Lipinski definition) is 1. The molecule has 0 aromatic carbocycles. The molecule has 78 valence electrons. The number of nitrogens with one attached hydrogen (secondary N) is 1. The quantitative estimate of drug-likeness (QED) is 0.758. The second kappa shape index (κ2) is 4.28. The zero-order chi connectivity index (χ0) is 9.97. The molecule has 2 rings (SSSR count). The van der Waals surface area contributed by atoms with Crippen LogP contribution in [0.5, 0.6) is 0 Å². The summed E-state index contributed by atoms with van der Waals surface area (Å²) in [4.78, 5) is 5.55. The number of piperidine rings is 1. The molecule has 0 saturated carbocycles. The van der Waals surface area contributed by atoms with Crippen molar-refractivity contribution in [1.29, 1.82) is 0 Å². The van der Waals surface area contributed by atoms with Crippen molar-refractivity contribution in [1.82, 2.24) is 14.5 Å². The molecule has 2 heterocycles. The molecular weight excluding hydrogens is 194 g/mol. The molecule has 14 heavy (non-hydrogen) atoms. The monoisotopic (exact) mass is 211 g/mol. The highest BCUT2D eigenvalue weighted by molar-refractivity contribution is 7.71. The Morgan fingerprint density at radius 1 is 1.64 bits per heavy atom. The Bertz CT molecular complexity index is 341. The Morgan fingerprint density at radius 3 is 3.14 bits per heavy atom. The number of hydrogen-bond acceptors (Lipinski definition) is 2. The third-order valence-corrected chi connectivity index (χ3v) is 3.33. The topological polar surface area (TPSA) is 24.0 Å². The van der Waals surface area contributed by atoms with E-state index in [4.69, 9.17) is 12.2 Å². The van der Waals surface area contributed by atoms with Crippen molar-refractivity contribution in [3.63, 3.8) is 0 Å². The number of nitrogens with zero attached hydrogens (tertiary/aromatic N) is 2. The second-order valence-electron chi connectivity index (χ2n) is 3.86. The van der Waals surface area contributed by atoms with E-state index in [1.54, 1.807) is 0 Å². The van der Waals surface area contributed by atoms with Gasteiger partial charge in [0.05, 0.1) is 0 Å². The van der Waals surface area contributed by atoms with Crippen LogP contribution in [0.3, 0.4) is 0 Å². The van der Waals surface area contributed by atoms with Gasteiger partial charge in [-0.25, -0.2) is 0 Å². The number of likely N-dealkylation sites (N-methyl/N-ethyl adjacent to an activating group) is 1. The number of H-pyrrole nitrogens is 1. The van der Waals surface area contributed by atoms with Gasteiger partial charge in [-0.05, 0) is 38.1 Å². The largest absolute Gasteiger partial charge is 0.337 e. The van der Waals surface area contributed by atoms with Gasteiger partial charge in [-0.3, -0.25) is 0 Å². The van der Waals surface area contributed by atoms with Gasteiger partial charge >= 0.3 is 0 Å². The summed E-state index contributed by atoms with van der Waals surface area (Å²) >= 11 is 5.23. The van der Waals surface area contributed by atoms with Gasteiger partial charge in [0, 0.05) is 25.0 Å². The fourth-order valence-electron chi connectivity index (χ4n) is 2.16. The molecule has 1 aromatic heterocycles. The third-order valence-electron chi connectivity index (χ3n) is 3.00. The minimum absolute atomic E-state index is 0.572. The summed E-state index contributed by atoms with van der Waals surface area (Å²) < 4.78 is 3.05. The number of imidazole rings is 1. The van der Waals surface area contributed by atoms with Crippen LogP contribution in [0.25, 0.3) is 0 Å². The smallest absolute Gasteiger partial charge is 0.177 e.